The number of anilines is 1. The van der Waals surface area contributed by atoms with Crippen LogP contribution < -0.4 is 11.2 Å². The lowest BCUT2D eigenvalue weighted by Crippen LogP contribution is -2.16. The molecular weight excluding hydrogens is 326 g/mol. The molecule has 0 fully saturated rings. The molecule has 0 saturated carbocycles. The van der Waals surface area contributed by atoms with Gasteiger partial charge in [0.15, 0.2) is 5.82 Å². The fraction of sp³-hybridized carbons (Fsp3) is 0.188. The van der Waals surface area contributed by atoms with E-state index < -0.39 is 0 Å². The molecule has 2 heterocycles. The largest absolute Gasteiger partial charge is 0.469 e. The Morgan fingerprint density at radius 1 is 1.33 bits per heavy atom. The minimum atomic E-state index is -0.130. The molecule has 0 bridgehead atoms. The average molecular weight is 343 g/mol. The van der Waals surface area contributed by atoms with Crippen molar-refractivity contribution in [1.82, 2.24) is 14.9 Å². The number of carbonyl (C=O) groups excluding carboxylic acids is 1. The minimum absolute atomic E-state index is 0.130. The molecule has 0 aliphatic carbocycles. The fourth-order valence-corrected chi connectivity index (χ4v) is 2.88. The third-order valence-electron chi connectivity index (χ3n) is 3.40. The average Bonchev–Trinajstić information content (AvgIpc) is 3.11. The number of aryl methyl sites for hydroxylation is 2. The topological polar surface area (TPSA) is 99.0 Å². The number of aromatic nitrogens is 3. The normalized spacial score (nSPS) is 10.8. The summed E-state index contributed by atoms with van der Waals surface area (Å²) in [5, 5.41) is 11.4. The van der Waals surface area contributed by atoms with Gasteiger partial charge < -0.3 is 15.6 Å². The first-order valence-electron chi connectivity index (χ1n) is 7.29. The van der Waals surface area contributed by atoms with Crippen LogP contribution in [0.1, 0.15) is 11.3 Å². The van der Waals surface area contributed by atoms with Gasteiger partial charge in [0.05, 0.1) is 17.6 Å². The van der Waals surface area contributed by atoms with Crippen molar-refractivity contribution in [1.29, 1.82) is 0 Å². The van der Waals surface area contributed by atoms with Crippen LogP contribution >= 0.6 is 11.8 Å². The molecule has 3 aromatic rings. The molecule has 0 saturated heterocycles. The Labute approximate surface area is 143 Å². The van der Waals surface area contributed by atoms with Gasteiger partial charge in [-0.2, -0.15) is 0 Å². The maximum absolute atomic E-state index is 12.1. The standard InChI is InChI=1S/C16H17N5O2S/c1-10-4-3-5-12(8-10)18-14(22)9-24-16-20-19-15(21(16)17)13-6-7-23-11(13)2/h3-8H,9,17H2,1-2H3,(H,18,22). The molecule has 1 amide bonds. The van der Waals surface area contributed by atoms with E-state index in [9.17, 15) is 4.79 Å². The van der Waals surface area contributed by atoms with Gasteiger partial charge in [0.1, 0.15) is 5.76 Å². The number of nitrogens with zero attached hydrogens (tertiary/aromatic N) is 3. The van der Waals surface area contributed by atoms with Crippen LogP contribution in [0.5, 0.6) is 0 Å². The molecule has 2 aromatic heterocycles. The zero-order chi connectivity index (χ0) is 17.1. The summed E-state index contributed by atoms with van der Waals surface area (Å²) in [7, 11) is 0. The highest BCUT2D eigenvalue weighted by molar-refractivity contribution is 7.99. The summed E-state index contributed by atoms with van der Waals surface area (Å²) >= 11 is 1.22. The van der Waals surface area contributed by atoms with E-state index >= 15 is 0 Å². The quantitative estimate of drug-likeness (QED) is 0.546. The van der Waals surface area contributed by atoms with Crippen LogP contribution in [0.25, 0.3) is 11.4 Å². The van der Waals surface area contributed by atoms with Gasteiger partial charge in [-0.15, -0.1) is 10.2 Å². The van der Waals surface area contributed by atoms with Crippen LogP contribution in [0, 0.1) is 13.8 Å². The van der Waals surface area contributed by atoms with E-state index in [4.69, 9.17) is 10.3 Å². The smallest absolute Gasteiger partial charge is 0.234 e. The molecule has 0 aliphatic heterocycles. The van der Waals surface area contributed by atoms with Crippen molar-refractivity contribution in [3.63, 3.8) is 0 Å². The lowest BCUT2D eigenvalue weighted by Gasteiger charge is -2.06. The number of nitrogens with two attached hydrogens (primary N) is 1. The summed E-state index contributed by atoms with van der Waals surface area (Å²) in [6.45, 7) is 3.80. The number of rotatable bonds is 5. The lowest BCUT2D eigenvalue weighted by atomic mass is 10.2. The van der Waals surface area contributed by atoms with Gasteiger partial charge in [-0.3, -0.25) is 4.79 Å². The predicted octanol–water partition coefficient (Wildman–Crippen LogP) is 2.60. The number of thioether (sulfide) groups is 1. The first kappa shape index (κ1) is 16.1. The van der Waals surface area contributed by atoms with Gasteiger partial charge in [0, 0.05) is 5.69 Å². The maximum Gasteiger partial charge on any atom is 0.234 e. The van der Waals surface area contributed by atoms with Crippen molar-refractivity contribution >= 4 is 23.4 Å². The number of benzene rings is 1. The molecule has 3 N–H and O–H groups in total. The molecule has 0 aliphatic rings. The maximum atomic E-state index is 12.1. The SMILES string of the molecule is Cc1cccc(NC(=O)CSc2nnc(-c3ccoc3C)n2N)c1. The summed E-state index contributed by atoms with van der Waals surface area (Å²) in [6.07, 6.45) is 1.57. The van der Waals surface area contributed by atoms with E-state index in [0.29, 0.717) is 16.7 Å². The Morgan fingerprint density at radius 2 is 2.17 bits per heavy atom. The summed E-state index contributed by atoms with van der Waals surface area (Å²) in [6, 6.07) is 9.41. The van der Waals surface area contributed by atoms with Crippen molar-refractivity contribution in [3.05, 3.63) is 47.9 Å². The minimum Gasteiger partial charge on any atom is -0.469 e. The van der Waals surface area contributed by atoms with Crippen LogP contribution in [-0.4, -0.2) is 26.5 Å². The number of nitrogens with one attached hydrogen (secondary N) is 1. The highest BCUT2D eigenvalue weighted by atomic mass is 32.2. The van der Waals surface area contributed by atoms with Gasteiger partial charge in [-0.05, 0) is 37.6 Å². The van der Waals surface area contributed by atoms with E-state index in [1.807, 2.05) is 38.1 Å². The first-order chi connectivity index (χ1) is 11.5. The Balaban J connectivity index is 1.64. The van der Waals surface area contributed by atoms with Crippen LogP contribution in [0.15, 0.2) is 46.2 Å². The van der Waals surface area contributed by atoms with Gasteiger partial charge in [-0.1, -0.05) is 23.9 Å². The van der Waals surface area contributed by atoms with E-state index in [-0.39, 0.29) is 11.7 Å². The van der Waals surface area contributed by atoms with Crippen molar-refractivity contribution in [2.75, 3.05) is 16.9 Å². The molecule has 24 heavy (non-hydrogen) atoms. The third kappa shape index (κ3) is 3.43. The highest BCUT2D eigenvalue weighted by Crippen LogP contribution is 2.25. The van der Waals surface area contributed by atoms with E-state index in [1.54, 1.807) is 12.3 Å². The number of nitrogen functional groups attached to an aromatic ring is 1. The molecule has 0 spiro atoms. The van der Waals surface area contributed by atoms with Gasteiger partial charge >= 0.3 is 0 Å². The van der Waals surface area contributed by atoms with Crippen LogP contribution in [0.3, 0.4) is 0 Å². The molecule has 1 aromatic carbocycles. The molecule has 8 heteroatoms. The summed E-state index contributed by atoms with van der Waals surface area (Å²) in [5.41, 5.74) is 2.63. The van der Waals surface area contributed by atoms with Crippen molar-refractivity contribution in [2.45, 2.75) is 19.0 Å². The number of furan rings is 1. The Bertz CT molecular complexity index is 871. The molecular formula is C16H17N5O2S. The van der Waals surface area contributed by atoms with Crippen molar-refractivity contribution < 1.29 is 9.21 Å². The van der Waals surface area contributed by atoms with Crippen molar-refractivity contribution in [3.8, 4) is 11.4 Å². The van der Waals surface area contributed by atoms with E-state index in [0.717, 1.165) is 16.8 Å². The fourth-order valence-electron chi connectivity index (χ4n) is 2.23. The van der Waals surface area contributed by atoms with E-state index in [1.165, 1.54) is 16.4 Å². The molecule has 7 nitrogen and oxygen atoms in total. The molecule has 0 radical (unpaired) electrons. The predicted molar refractivity (Wildman–Crippen MR) is 93.1 cm³/mol. The number of amides is 1. The summed E-state index contributed by atoms with van der Waals surface area (Å²) in [5.74, 6) is 7.29. The summed E-state index contributed by atoms with van der Waals surface area (Å²) in [4.78, 5) is 12.1. The first-order valence-corrected chi connectivity index (χ1v) is 8.27. The highest BCUT2D eigenvalue weighted by Gasteiger charge is 2.16. The molecule has 124 valence electrons. The Hall–Kier alpha value is -2.74. The summed E-state index contributed by atoms with van der Waals surface area (Å²) < 4.78 is 6.61. The molecule has 3 rings (SSSR count). The Kier molecular flexibility index (Phi) is 4.57. The van der Waals surface area contributed by atoms with Crippen molar-refractivity contribution in [2.24, 2.45) is 0 Å². The van der Waals surface area contributed by atoms with Gasteiger partial charge in [-0.25, -0.2) is 4.68 Å². The van der Waals surface area contributed by atoms with Gasteiger partial charge in [0.2, 0.25) is 11.1 Å². The zero-order valence-corrected chi connectivity index (χ0v) is 14.1. The van der Waals surface area contributed by atoms with Gasteiger partial charge in [0.25, 0.3) is 0 Å². The van der Waals surface area contributed by atoms with Crippen LogP contribution in [0.4, 0.5) is 5.69 Å². The van der Waals surface area contributed by atoms with E-state index in [2.05, 4.69) is 15.5 Å². The third-order valence-corrected chi connectivity index (χ3v) is 4.34. The monoisotopic (exact) mass is 343 g/mol. The second kappa shape index (κ2) is 6.79. The van der Waals surface area contributed by atoms with Crippen LogP contribution in [-0.2, 0) is 4.79 Å². The number of hydrogen-bond donors (Lipinski definition) is 2. The van der Waals surface area contributed by atoms with Crippen LogP contribution in [0.2, 0.25) is 0 Å². The second-order valence-corrected chi connectivity index (χ2v) is 6.22. The second-order valence-electron chi connectivity index (χ2n) is 5.27. The zero-order valence-electron chi connectivity index (χ0n) is 13.3. The Morgan fingerprint density at radius 3 is 2.88 bits per heavy atom. The lowest BCUT2D eigenvalue weighted by molar-refractivity contribution is -0.113. The molecule has 0 atom stereocenters. The number of carbonyl (C=O) groups is 1. The molecule has 0 unspecified atom stereocenters. The number of hydrogen-bond acceptors (Lipinski definition) is 6.